The molecule has 0 spiro atoms. The fourth-order valence-corrected chi connectivity index (χ4v) is 4.27. The van der Waals surface area contributed by atoms with Crippen molar-refractivity contribution in [1.82, 2.24) is 20.2 Å². The van der Waals surface area contributed by atoms with Crippen molar-refractivity contribution in [3.63, 3.8) is 0 Å². The molecule has 1 aliphatic heterocycles. The van der Waals surface area contributed by atoms with E-state index in [1.165, 1.54) is 17.5 Å². The Morgan fingerprint density at radius 2 is 1.94 bits per heavy atom. The molecule has 0 saturated carbocycles. The number of phenolic OH excluding ortho intramolecular Hbond substituents is 1. The van der Waals surface area contributed by atoms with Crippen molar-refractivity contribution in [2.45, 2.75) is 45.2 Å². The number of nitrogens with one attached hydrogen (secondary N) is 1. The van der Waals surface area contributed by atoms with E-state index in [0.29, 0.717) is 11.8 Å². The first-order valence-electron chi connectivity index (χ1n) is 11.3. The van der Waals surface area contributed by atoms with Crippen LogP contribution in [0, 0.1) is 0 Å². The highest BCUT2D eigenvalue weighted by Gasteiger charge is 2.20. The monoisotopic (exact) mass is 416 g/mol. The van der Waals surface area contributed by atoms with Gasteiger partial charge in [0.2, 0.25) is 0 Å². The van der Waals surface area contributed by atoms with E-state index in [9.17, 15) is 5.11 Å². The summed E-state index contributed by atoms with van der Waals surface area (Å²) < 4.78 is 0. The maximum atomic E-state index is 9.41. The fourth-order valence-electron chi connectivity index (χ4n) is 4.27. The van der Waals surface area contributed by atoms with Crippen molar-refractivity contribution >= 4 is 0 Å². The van der Waals surface area contributed by atoms with Gasteiger partial charge < -0.3 is 10.4 Å². The Morgan fingerprint density at radius 3 is 2.77 bits per heavy atom. The predicted molar refractivity (Wildman–Crippen MR) is 125 cm³/mol. The molecular formula is C26H32N4O. The van der Waals surface area contributed by atoms with Gasteiger partial charge in [-0.3, -0.25) is 4.90 Å². The standard InChI is InChI=1S/C26H32N4O/c1-2-23-18-27-15-16-30(23)19-21-6-3-7-22(17-21)25-13-14-28-26(29-25)8-4-5-20-9-11-24(31)12-10-20/h3,6-7,9-14,17,23,27,31H,2,4-5,8,15-16,18-19H2,1H3. The van der Waals surface area contributed by atoms with E-state index in [0.717, 1.165) is 62.5 Å². The molecule has 2 heterocycles. The molecule has 1 saturated heterocycles. The van der Waals surface area contributed by atoms with Gasteiger partial charge in [-0.25, -0.2) is 9.97 Å². The number of aromatic hydroxyl groups is 1. The minimum absolute atomic E-state index is 0.309. The number of aryl methyl sites for hydroxylation is 2. The molecular weight excluding hydrogens is 384 g/mol. The van der Waals surface area contributed by atoms with Crippen molar-refractivity contribution in [2.24, 2.45) is 0 Å². The zero-order valence-electron chi connectivity index (χ0n) is 18.3. The molecule has 31 heavy (non-hydrogen) atoms. The minimum Gasteiger partial charge on any atom is -0.508 e. The molecule has 0 aliphatic carbocycles. The molecule has 5 heteroatoms. The SMILES string of the molecule is CCC1CNCCN1Cc1cccc(-c2ccnc(CCCc3ccc(O)cc3)n2)c1. The average Bonchev–Trinajstić information content (AvgIpc) is 2.81. The Bertz CT molecular complexity index is 973. The van der Waals surface area contributed by atoms with Crippen LogP contribution in [0.3, 0.4) is 0 Å². The van der Waals surface area contributed by atoms with Crippen molar-refractivity contribution in [3.8, 4) is 17.0 Å². The number of aromatic nitrogens is 2. The highest BCUT2D eigenvalue weighted by atomic mass is 16.3. The summed E-state index contributed by atoms with van der Waals surface area (Å²) >= 11 is 0. The van der Waals surface area contributed by atoms with Gasteiger partial charge in [0.1, 0.15) is 11.6 Å². The highest BCUT2D eigenvalue weighted by molar-refractivity contribution is 5.59. The van der Waals surface area contributed by atoms with Gasteiger partial charge in [0.25, 0.3) is 0 Å². The molecule has 0 radical (unpaired) electrons. The Labute approximate surface area is 185 Å². The summed E-state index contributed by atoms with van der Waals surface area (Å²) in [4.78, 5) is 11.9. The molecule has 3 aromatic rings. The quantitative estimate of drug-likeness (QED) is 0.576. The number of benzene rings is 2. The number of rotatable bonds is 8. The van der Waals surface area contributed by atoms with Crippen LogP contribution in [0.2, 0.25) is 0 Å². The Morgan fingerprint density at radius 1 is 1.06 bits per heavy atom. The fraction of sp³-hybridized carbons (Fsp3) is 0.385. The number of hydrogen-bond donors (Lipinski definition) is 2. The Balaban J connectivity index is 1.40. The Kier molecular flexibility index (Phi) is 7.28. The van der Waals surface area contributed by atoms with E-state index in [1.54, 1.807) is 12.1 Å². The summed E-state index contributed by atoms with van der Waals surface area (Å²) in [7, 11) is 0. The third-order valence-corrected chi connectivity index (χ3v) is 6.06. The van der Waals surface area contributed by atoms with E-state index in [2.05, 4.69) is 46.4 Å². The topological polar surface area (TPSA) is 61.3 Å². The second kappa shape index (κ2) is 10.5. The van der Waals surface area contributed by atoms with E-state index in [1.807, 2.05) is 24.4 Å². The van der Waals surface area contributed by atoms with Crippen LogP contribution in [0.5, 0.6) is 5.75 Å². The van der Waals surface area contributed by atoms with Crippen LogP contribution in [-0.4, -0.2) is 45.7 Å². The van der Waals surface area contributed by atoms with E-state index in [-0.39, 0.29) is 0 Å². The van der Waals surface area contributed by atoms with E-state index in [4.69, 9.17) is 4.98 Å². The maximum absolute atomic E-state index is 9.41. The molecule has 1 fully saturated rings. The third kappa shape index (κ3) is 5.90. The molecule has 1 atom stereocenters. The number of nitrogens with zero attached hydrogens (tertiary/aromatic N) is 3. The molecule has 1 unspecified atom stereocenters. The molecule has 2 N–H and O–H groups in total. The van der Waals surface area contributed by atoms with Gasteiger partial charge in [-0.05, 0) is 54.7 Å². The van der Waals surface area contributed by atoms with Crippen molar-refractivity contribution in [1.29, 1.82) is 0 Å². The zero-order chi connectivity index (χ0) is 21.5. The summed E-state index contributed by atoms with van der Waals surface area (Å²) in [5, 5.41) is 12.9. The van der Waals surface area contributed by atoms with Crippen LogP contribution in [0.4, 0.5) is 0 Å². The molecule has 1 aromatic heterocycles. The smallest absolute Gasteiger partial charge is 0.128 e. The van der Waals surface area contributed by atoms with Gasteiger partial charge in [-0.15, -0.1) is 0 Å². The number of hydrogen-bond acceptors (Lipinski definition) is 5. The highest BCUT2D eigenvalue weighted by Crippen LogP contribution is 2.21. The molecule has 1 aliphatic rings. The predicted octanol–water partition coefficient (Wildman–Crippen LogP) is 4.21. The first kappa shape index (κ1) is 21.5. The minimum atomic E-state index is 0.309. The number of piperazine rings is 1. The van der Waals surface area contributed by atoms with Crippen LogP contribution in [0.15, 0.2) is 60.8 Å². The average molecular weight is 417 g/mol. The van der Waals surface area contributed by atoms with Crippen LogP contribution >= 0.6 is 0 Å². The first-order valence-corrected chi connectivity index (χ1v) is 11.3. The summed E-state index contributed by atoms with van der Waals surface area (Å²) in [6.07, 6.45) is 5.82. The maximum Gasteiger partial charge on any atom is 0.128 e. The molecule has 162 valence electrons. The molecule has 2 aromatic carbocycles. The van der Waals surface area contributed by atoms with Gasteiger partial charge in [-0.2, -0.15) is 0 Å². The molecule has 5 nitrogen and oxygen atoms in total. The van der Waals surface area contributed by atoms with Crippen LogP contribution in [0.25, 0.3) is 11.3 Å². The third-order valence-electron chi connectivity index (χ3n) is 6.06. The van der Waals surface area contributed by atoms with Crippen LogP contribution < -0.4 is 5.32 Å². The van der Waals surface area contributed by atoms with Gasteiger partial charge in [0.05, 0.1) is 5.69 Å². The van der Waals surface area contributed by atoms with Gasteiger partial charge >= 0.3 is 0 Å². The van der Waals surface area contributed by atoms with Crippen LogP contribution in [0.1, 0.15) is 36.7 Å². The lowest BCUT2D eigenvalue weighted by Gasteiger charge is -2.35. The molecule has 0 bridgehead atoms. The van der Waals surface area contributed by atoms with Crippen molar-refractivity contribution in [3.05, 3.63) is 77.7 Å². The second-order valence-corrected chi connectivity index (χ2v) is 8.32. The van der Waals surface area contributed by atoms with Crippen LogP contribution in [-0.2, 0) is 19.4 Å². The zero-order valence-corrected chi connectivity index (χ0v) is 18.3. The lowest BCUT2D eigenvalue weighted by atomic mass is 10.0. The normalized spacial score (nSPS) is 17.0. The van der Waals surface area contributed by atoms with Crippen molar-refractivity contribution < 1.29 is 5.11 Å². The van der Waals surface area contributed by atoms with Gasteiger partial charge in [0, 0.05) is 50.4 Å². The molecule has 4 rings (SSSR count). The second-order valence-electron chi connectivity index (χ2n) is 8.32. The lowest BCUT2D eigenvalue weighted by molar-refractivity contribution is 0.149. The number of phenols is 1. The summed E-state index contributed by atoms with van der Waals surface area (Å²) in [5.74, 6) is 1.19. The lowest BCUT2D eigenvalue weighted by Crippen LogP contribution is -2.50. The summed E-state index contributed by atoms with van der Waals surface area (Å²) in [6, 6.07) is 18.8. The summed E-state index contributed by atoms with van der Waals surface area (Å²) in [6.45, 7) is 6.50. The first-order chi connectivity index (χ1) is 15.2. The molecule has 0 amide bonds. The van der Waals surface area contributed by atoms with Gasteiger partial charge in [0.15, 0.2) is 0 Å². The largest absolute Gasteiger partial charge is 0.508 e. The van der Waals surface area contributed by atoms with Crippen molar-refractivity contribution in [2.75, 3.05) is 19.6 Å². The van der Waals surface area contributed by atoms with Gasteiger partial charge in [-0.1, -0.05) is 37.3 Å². The summed E-state index contributed by atoms with van der Waals surface area (Å²) in [5.41, 5.74) is 4.71. The Hall–Kier alpha value is -2.76. The van der Waals surface area contributed by atoms with E-state index >= 15 is 0 Å². The van der Waals surface area contributed by atoms with E-state index < -0.39 is 0 Å².